The summed E-state index contributed by atoms with van der Waals surface area (Å²) >= 11 is 1.03. The fourth-order valence-corrected chi connectivity index (χ4v) is 2.45. The average molecular weight is 309 g/mol. The first-order valence-electron chi connectivity index (χ1n) is 6.45. The molecule has 0 atom stereocenters. The lowest BCUT2D eigenvalue weighted by atomic mass is 9.98. The van der Waals surface area contributed by atoms with Crippen LogP contribution in [0, 0.1) is 17.3 Å². The molecule has 1 amide bonds. The molecule has 0 spiro atoms. The number of amides is 1. The fourth-order valence-electron chi connectivity index (χ4n) is 1.59. The Kier molecular flexibility index (Phi) is 5.53. The number of carboxylic acids is 1. The molecule has 0 unspecified atom stereocenters. The van der Waals surface area contributed by atoms with Gasteiger partial charge >= 0.3 is 5.97 Å². The summed E-state index contributed by atoms with van der Waals surface area (Å²) in [6.45, 7) is 7.02. The Hall–Kier alpha value is -1.84. The number of carbonyl (C=O) groups excluding carboxylic acids is 1. The summed E-state index contributed by atoms with van der Waals surface area (Å²) in [5.74, 6) is 4.55. The number of rotatable bonds is 4. The molecule has 2 N–H and O–H groups in total. The van der Waals surface area contributed by atoms with Gasteiger partial charge in [-0.1, -0.05) is 11.8 Å². The molecule has 21 heavy (non-hydrogen) atoms. The minimum atomic E-state index is -1.11. The molecule has 1 heterocycles. The van der Waals surface area contributed by atoms with Gasteiger partial charge in [-0.25, -0.2) is 4.79 Å². The van der Waals surface area contributed by atoms with Crippen molar-refractivity contribution in [1.29, 1.82) is 0 Å². The number of aliphatic hydroxyl groups is 1. The van der Waals surface area contributed by atoms with Gasteiger partial charge in [-0.15, -0.1) is 11.3 Å². The van der Waals surface area contributed by atoms with Gasteiger partial charge in [0.2, 0.25) is 5.91 Å². The van der Waals surface area contributed by atoms with Crippen molar-refractivity contribution in [2.75, 3.05) is 18.1 Å². The normalized spacial score (nSPS) is 10.7. The Morgan fingerprint density at radius 2 is 2.00 bits per heavy atom. The third-order valence-corrected chi connectivity index (χ3v) is 3.49. The zero-order valence-electron chi connectivity index (χ0n) is 12.6. The lowest BCUT2D eigenvalue weighted by molar-refractivity contribution is -0.116. The van der Waals surface area contributed by atoms with Crippen molar-refractivity contribution < 1.29 is 19.8 Å². The summed E-state index contributed by atoms with van der Waals surface area (Å²) in [5, 5.41) is 18.3. The maximum Gasteiger partial charge on any atom is 0.348 e. The van der Waals surface area contributed by atoms with E-state index in [0.717, 1.165) is 11.3 Å². The third-order valence-electron chi connectivity index (χ3n) is 2.46. The van der Waals surface area contributed by atoms with E-state index in [4.69, 9.17) is 5.11 Å². The number of aromatic carboxylic acids is 1. The topological polar surface area (TPSA) is 77.8 Å². The summed E-state index contributed by atoms with van der Waals surface area (Å²) in [6.07, 6.45) is 0. The molecule has 0 saturated carbocycles. The molecule has 1 aromatic heterocycles. The van der Waals surface area contributed by atoms with Crippen LogP contribution in [0.4, 0.5) is 5.69 Å². The number of thiophene rings is 1. The van der Waals surface area contributed by atoms with Crippen molar-refractivity contribution in [3.8, 4) is 11.8 Å². The molecule has 0 saturated heterocycles. The maximum atomic E-state index is 11.6. The van der Waals surface area contributed by atoms with E-state index in [0.29, 0.717) is 4.88 Å². The van der Waals surface area contributed by atoms with Crippen molar-refractivity contribution >= 4 is 28.9 Å². The number of carboxylic acid groups (broad SMARTS) is 1. The van der Waals surface area contributed by atoms with Gasteiger partial charge in [0.15, 0.2) is 0 Å². The summed E-state index contributed by atoms with van der Waals surface area (Å²) in [7, 11) is 0. The number of hydrogen-bond donors (Lipinski definition) is 2. The monoisotopic (exact) mass is 309 g/mol. The van der Waals surface area contributed by atoms with Crippen LogP contribution in [-0.2, 0) is 4.79 Å². The molecule has 114 valence electrons. The molecule has 0 aliphatic rings. The van der Waals surface area contributed by atoms with E-state index < -0.39 is 5.97 Å². The lowest BCUT2D eigenvalue weighted by Crippen LogP contribution is -2.32. The Morgan fingerprint density at radius 1 is 1.38 bits per heavy atom. The highest BCUT2D eigenvalue weighted by molar-refractivity contribution is 7.15. The highest BCUT2D eigenvalue weighted by atomic mass is 32.1. The van der Waals surface area contributed by atoms with Crippen molar-refractivity contribution in [2.45, 2.75) is 27.7 Å². The first-order valence-corrected chi connectivity index (χ1v) is 7.26. The predicted molar refractivity (Wildman–Crippen MR) is 82.7 cm³/mol. The summed E-state index contributed by atoms with van der Waals surface area (Å²) < 4.78 is 0. The second-order valence-corrected chi connectivity index (χ2v) is 6.58. The third kappa shape index (κ3) is 4.88. The van der Waals surface area contributed by atoms with Crippen LogP contribution < -0.4 is 4.90 Å². The van der Waals surface area contributed by atoms with Gasteiger partial charge in [-0.05, 0) is 26.8 Å². The number of anilines is 1. The zero-order chi connectivity index (χ0) is 16.2. The Labute approximate surface area is 128 Å². The molecule has 0 aliphatic carbocycles. The Bertz CT molecular complexity index is 601. The molecule has 0 radical (unpaired) electrons. The van der Waals surface area contributed by atoms with E-state index in [1.54, 1.807) is 6.07 Å². The summed E-state index contributed by atoms with van der Waals surface area (Å²) in [5.41, 5.74) is 0.0890. The Morgan fingerprint density at radius 3 is 2.43 bits per heavy atom. The zero-order valence-corrected chi connectivity index (χ0v) is 13.4. The molecule has 0 aliphatic heterocycles. The molecule has 0 bridgehead atoms. The molecule has 6 heteroatoms. The van der Waals surface area contributed by atoms with Crippen LogP contribution in [0.25, 0.3) is 0 Å². The van der Waals surface area contributed by atoms with Crippen molar-refractivity contribution in [1.82, 2.24) is 0 Å². The molecule has 0 fully saturated rings. The molecular formula is C15H19NO4S. The largest absolute Gasteiger partial charge is 0.477 e. The van der Waals surface area contributed by atoms with E-state index in [-0.39, 0.29) is 35.0 Å². The maximum absolute atomic E-state index is 11.6. The number of carbonyl (C=O) groups is 2. The van der Waals surface area contributed by atoms with Gasteiger partial charge in [0.1, 0.15) is 4.88 Å². The quantitative estimate of drug-likeness (QED) is 0.836. The summed E-state index contributed by atoms with van der Waals surface area (Å²) in [6, 6.07) is 1.59. The highest BCUT2D eigenvalue weighted by Gasteiger charge is 2.22. The van der Waals surface area contributed by atoms with E-state index >= 15 is 0 Å². The first kappa shape index (κ1) is 17.2. The molecule has 5 nitrogen and oxygen atoms in total. The van der Waals surface area contributed by atoms with Crippen LogP contribution >= 0.6 is 11.3 Å². The molecule has 0 aromatic carbocycles. The first-order chi connectivity index (χ1) is 9.65. The summed E-state index contributed by atoms with van der Waals surface area (Å²) in [4.78, 5) is 24.8. The molecule has 1 rings (SSSR count). The number of aliphatic hydroxyl groups excluding tert-OH is 1. The Balaban J connectivity index is 3.30. The molecule has 1 aromatic rings. The number of nitrogens with zero attached hydrogens (tertiary/aromatic N) is 1. The molecular weight excluding hydrogens is 290 g/mol. The van der Waals surface area contributed by atoms with Crippen molar-refractivity contribution in [3.05, 3.63) is 15.8 Å². The van der Waals surface area contributed by atoms with Gasteiger partial charge in [-0.2, -0.15) is 0 Å². The van der Waals surface area contributed by atoms with E-state index in [2.05, 4.69) is 11.8 Å². The highest BCUT2D eigenvalue weighted by Crippen LogP contribution is 2.30. The van der Waals surface area contributed by atoms with Crippen molar-refractivity contribution in [3.63, 3.8) is 0 Å². The van der Waals surface area contributed by atoms with E-state index in [1.807, 2.05) is 20.8 Å². The minimum absolute atomic E-state index is 0.0526. The van der Waals surface area contributed by atoms with Gasteiger partial charge in [-0.3, -0.25) is 4.79 Å². The van der Waals surface area contributed by atoms with E-state index in [9.17, 15) is 14.7 Å². The van der Waals surface area contributed by atoms with Gasteiger partial charge in [0.05, 0.1) is 17.2 Å². The van der Waals surface area contributed by atoms with Crippen LogP contribution in [-0.4, -0.2) is 35.2 Å². The predicted octanol–water partition coefficient (Wildman–Crippen LogP) is 2.19. The average Bonchev–Trinajstić information content (AvgIpc) is 2.76. The van der Waals surface area contributed by atoms with Crippen LogP contribution in [0.1, 0.15) is 42.2 Å². The van der Waals surface area contributed by atoms with Crippen LogP contribution in [0.15, 0.2) is 6.07 Å². The standard InChI is InChI=1S/C15H19NO4S/c1-10(18)16(7-8-17)12-9-11(5-6-15(2,3)4)21-13(12)14(19)20/h9,17H,7-8H2,1-4H3,(H,19,20). The van der Waals surface area contributed by atoms with Crippen LogP contribution in [0.2, 0.25) is 0 Å². The van der Waals surface area contributed by atoms with E-state index in [1.165, 1.54) is 11.8 Å². The fraction of sp³-hybridized carbons (Fsp3) is 0.467. The second-order valence-electron chi connectivity index (χ2n) is 5.52. The van der Waals surface area contributed by atoms with Crippen LogP contribution in [0.5, 0.6) is 0 Å². The van der Waals surface area contributed by atoms with Gasteiger partial charge < -0.3 is 15.1 Å². The van der Waals surface area contributed by atoms with Crippen LogP contribution in [0.3, 0.4) is 0 Å². The lowest BCUT2D eigenvalue weighted by Gasteiger charge is -2.19. The smallest absolute Gasteiger partial charge is 0.348 e. The van der Waals surface area contributed by atoms with Gasteiger partial charge in [0, 0.05) is 18.9 Å². The SMILES string of the molecule is CC(=O)N(CCO)c1cc(C#CC(C)(C)C)sc1C(=O)O. The second kappa shape index (κ2) is 6.74. The van der Waals surface area contributed by atoms with Crippen molar-refractivity contribution in [2.24, 2.45) is 5.41 Å². The van der Waals surface area contributed by atoms with Gasteiger partial charge in [0.25, 0.3) is 0 Å². The minimum Gasteiger partial charge on any atom is -0.477 e. The number of hydrogen-bond acceptors (Lipinski definition) is 4.